The first-order valence-corrected chi connectivity index (χ1v) is 6.02. The van der Waals surface area contributed by atoms with Gasteiger partial charge in [-0.3, -0.25) is 0 Å². The van der Waals surface area contributed by atoms with E-state index >= 15 is 0 Å². The normalized spacial score (nSPS) is 11.7. The molecular formula is C11H6Cl2F3N3O2. The van der Waals surface area contributed by atoms with Crippen molar-refractivity contribution in [2.75, 3.05) is 5.73 Å². The minimum Gasteiger partial charge on any atom is -0.476 e. The van der Waals surface area contributed by atoms with Gasteiger partial charge < -0.3 is 10.8 Å². The smallest absolute Gasteiger partial charge is 0.416 e. The van der Waals surface area contributed by atoms with Crippen molar-refractivity contribution < 1.29 is 23.1 Å². The van der Waals surface area contributed by atoms with E-state index in [0.717, 1.165) is 10.7 Å². The molecule has 2 rings (SSSR count). The average Bonchev–Trinajstić information content (AvgIpc) is 2.69. The Balaban J connectivity index is 2.63. The van der Waals surface area contributed by atoms with Crippen molar-refractivity contribution >= 4 is 35.0 Å². The molecule has 21 heavy (non-hydrogen) atoms. The van der Waals surface area contributed by atoms with Crippen LogP contribution in [0, 0.1) is 0 Å². The standard InChI is InChI=1S/C11H6Cl2F3N3O2/c12-5-1-4(11(14,15)16)2-6(13)9(5)19-8(17)3-7(18-19)10(20)21/h1-3H,17H2,(H,20,21). The number of rotatable bonds is 2. The Morgan fingerprint density at radius 2 is 1.76 bits per heavy atom. The molecule has 0 saturated heterocycles. The number of nitrogens with two attached hydrogens (primary N) is 1. The Morgan fingerprint density at radius 1 is 1.24 bits per heavy atom. The van der Waals surface area contributed by atoms with Gasteiger partial charge in [-0.2, -0.15) is 18.3 Å². The molecule has 0 bridgehead atoms. The summed E-state index contributed by atoms with van der Waals surface area (Å²) in [5.41, 5.74) is 4.02. The van der Waals surface area contributed by atoms with Gasteiger partial charge in [0.1, 0.15) is 11.5 Å². The predicted octanol–water partition coefficient (Wildman–Crippen LogP) is 3.48. The van der Waals surface area contributed by atoms with Crippen LogP contribution in [-0.2, 0) is 6.18 Å². The summed E-state index contributed by atoms with van der Waals surface area (Å²) < 4.78 is 38.8. The zero-order chi connectivity index (χ0) is 15.9. The quantitative estimate of drug-likeness (QED) is 0.877. The summed E-state index contributed by atoms with van der Waals surface area (Å²) in [6.07, 6.45) is -4.62. The van der Waals surface area contributed by atoms with E-state index in [2.05, 4.69) is 5.10 Å². The highest BCUT2D eigenvalue weighted by Crippen LogP contribution is 2.38. The van der Waals surface area contributed by atoms with Crippen LogP contribution in [0.4, 0.5) is 19.0 Å². The maximum Gasteiger partial charge on any atom is 0.416 e. The number of nitrogens with zero attached hydrogens (tertiary/aromatic N) is 2. The molecule has 0 saturated carbocycles. The van der Waals surface area contributed by atoms with E-state index in [4.69, 9.17) is 34.0 Å². The lowest BCUT2D eigenvalue weighted by Crippen LogP contribution is -2.09. The molecule has 5 nitrogen and oxygen atoms in total. The molecule has 1 aromatic heterocycles. The summed E-state index contributed by atoms with van der Waals surface area (Å²) >= 11 is 11.6. The second kappa shape index (κ2) is 5.12. The van der Waals surface area contributed by atoms with Crippen molar-refractivity contribution in [1.82, 2.24) is 9.78 Å². The molecule has 2 aromatic rings. The lowest BCUT2D eigenvalue weighted by Gasteiger charge is -2.13. The molecule has 1 heterocycles. The fraction of sp³-hybridized carbons (Fsp3) is 0.0909. The van der Waals surface area contributed by atoms with Gasteiger partial charge in [-0.1, -0.05) is 23.2 Å². The fourth-order valence-electron chi connectivity index (χ4n) is 1.61. The average molecular weight is 340 g/mol. The van der Waals surface area contributed by atoms with Gasteiger partial charge >= 0.3 is 12.1 Å². The summed E-state index contributed by atoms with van der Waals surface area (Å²) in [7, 11) is 0. The topological polar surface area (TPSA) is 81.1 Å². The van der Waals surface area contributed by atoms with E-state index in [-0.39, 0.29) is 27.2 Å². The van der Waals surface area contributed by atoms with Crippen LogP contribution >= 0.6 is 23.2 Å². The monoisotopic (exact) mass is 339 g/mol. The minimum absolute atomic E-state index is 0.128. The van der Waals surface area contributed by atoms with Crippen molar-refractivity contribution in [3.05, 3.63) is 39.5 Å². The van der Waals surface area contributed by atoms with E-state index < -0.39 is 17.7 Å². The molecule has 0 aliphatic carbocycles. The first-order chi connectivity index (χ1) is 9.61. The van der Waals surface area contributed by atoms with E-state index in [1.54, 1.807) is 0 Å². The van der Waals surface area contributed by atoms with Crippen LogP contribution < -0.4 is 5.73 Å². The highest BCUT2D eigenvalue weighted by molar-refractivity contribution is 6.38. The Hall–Kier alpha value is -1.93. The van der Waals surface area contributed by atoms with Crippen molar-refractivity contribution in [2.45, 2.75) is 6.18 Å². The van der Waals surface area contributed by atoms with Gasteiger partial charge in [0.25, 0.3) is 0 Å². The summed E-state index contributed by atoms with van der Waals surface area (Å²) in [5.74, 6) is -1.48. The summed E-state index contributed by atoms with van der Waals surface area (Å²) in [5, 5.41) is 11.7. The van der Waals surface area contributed by atoms with Crippen LogP contribution in [0.2, 0.25) is 10.0 Å². The van der Waals surface area contributed by atoms with Crippen LogP contribution in [0.25, 0.3) is 5.69 Å². The number of aromatic carboxylic acids is 1. The third kappa shape index (κ3) is 2.91. The highest BCUT2D eigenvalue weighted by atomic mass is 35.5. The largest absolute Gasteiger partial charge is 0.476 e. The molecule has 0 amide bonds. The van der Waals surface area contributed by atoms with Gasteiger partial charge in [0, 0.05) is 6.07 Å². The summed E-state index contributed by atoms with van der Waals surface area (Å²) in [6.45, 7) is 0. The second-order valence-electron chi connectivity index (χ2n) is 3.96. The Morgan fingerprint density at radius 3 is 2.14 bits per heavy atom. The molecule has 0 unspecified atom stereocenters. The molecule has 0 spiro atoms. The number of carbonyl (C=O) groups is 1. The van der Waals surface area contributed by atoms with Crippen molar-refractivity contribution in [2.24, 2.45) is 0 Å². The van der Waals surface area contributed by atoms with Crippen molar-refractivity contribution in [1.29, 1.82) is 0 Å². The number of alkyl halides is 3. The van der Waals surface area contributed by atoms with Gasteiger partial charge in [-0.15, -0.1) is 0 Å². The van der Waals surface area contributed by atoms with E-state index in [1.807, 2.05) is 0 Å². The highest BCUT2D eigenvalue weighted by Gasteiger charge is 2.32. The Labute approximate surface area is 125 Å². The zero-order valence-corrected chi connectivity index (χ0v) is 11.5. The maximum absolute atomic E-state index is 12.6. The van der Waals surface area contributed by atoms with Gasteiger partial charge in [0.15, 0.2) is 5.69 Å². The third-order valence-electron chi connectivity index (χ3n) is 2.51. The van der Waals surface area contributed by atoms with Crippen LogP contribution in [-0.4, -0.2) is 20.9 Å². The van der Waals surface area contributed by atoms with Crippen LogP contribution in [0.5, 0.6) is 0 Å². The number of aromatic nitrogens is 2. The number of carboxylic acids is 1. The summed E-state index contributed by atoms with van der Waals surface area (Å²) in [4.78, 5) is 10.8. The fourth-order valence-corrected chi connectivity index (χ4v) is 2.26. The predicted molar refractivity (Wildman–Crippen MR) is 70.0 cm³/mol. The van der Waals surface area contributed by atoms with Crippen LogP contribution in [0.3, 0.4) is 0 Å². The zero-order valence-electron chi connectivity index (χ0n) is 9.95. The van der Waals surface area contributed by atoms with E-state index in [1.165, 1.54) is 0 Å². The number of anilines is 1. The van der Waals surface area contributed by atoms with Gasteiger partial charge in [0.2, 0.25) is 0 Å². The number of carboxylic acid groups (broad SMARTS) is 1. The molecule has 0 atom stereocenters. The van der Waals surface area contributed by atoms with Gasteiger partial charge in [0.05, 0.1) is 15.6 Å². The lowest BCUT2D eigenvalue weighted by molar-refractivity contribution is -0.137. The number of hydrogen-bond donors (Lipinski definition) is 2. The first-order valence-electron chi connectivity index (χ1n) is 5.26. The van der Waals surface area contributed by atoms with Crippen LogP contribution in [0.15, 0.2) is 18.2 Å². The molecule has 10 heteroatoms. The number of halogens is 5. The Bertz CT molecular complexity index is 705. The molecule has 0 aliphatic rings. The third-order valence-corrected chi connectivity index (χ3v) is 3.09. The number of benzene rings is 1. The molecule has 0 fully saturated rings. The maximum atomic E-state index is 12.6. The van der Waals surface area contributed by atoms with Gasteiger partial charge in [-0.25, -0.2) is 9.48 Å². The Kier molecular flexibility index (Phi) is 3.77. The number of nitrogen functional groups attached to an aromatic ring is 1. The molecule has 3 N–H and O–H groups in total. The molecule has 0 aliphatic heterocycles. The van der Waals surface area contributed by atoms with E-state index in [9.17, 15) is 18.0 Å². The van der Waals surface area contributed by atoms with Crippen molar-refractivity contribution in [3.63, 3.8) is 0 Å². The first kappa shape index (κ1) is 15.5. The molecular weight excluding hydrogens is 334 g/mol. The van der Waals surface area contributed by atoms with Crippen molar-refractivity contribution in [3.8, 4) is 5.69 Å². The second-order valence-corrected chi connectivity index (χ2v) is 4.77. The molecule has 1 aromatic carbocycles. The molecule has 0 radical (unpaired) electrons. The minimum atomic E-state index is -4.62. The van der Waals surface area contributed by atoms with Gasteiger partial charge in [-0.05, 0) is 12.1 Å². The lowest BCUT2D eigenvalue weighted by atomic mass is 10.2. The number of hydrogen-bond acceptors (Lipinski definition) is 3. The molecule has 112 valence electrons. The van der Waals surface area contributed by atoms with Crippen LogP contribution in [0.1, 0.15) is 16.1 Å². The summed E-state index contributed by atoms with van der Waals surface area (Å²) in [6, 6.07) is 2.35. The SMILES string of the molecule is Nc1cc(C(=O)O)nn1-c1c(Cl)cc(C(F)(F)F)cc1Cl. The van der Waals surface area contributed by atoms with E-state index in [0.29, 0.717) is 12.1 Å².